The molecule has 0 bridgehead atoms. The number of hydrogen-bond acceptors (Lipinski definition) is 2. The van der Waals surface area contributed by atoms with Crippen LogP contribution in [-0.2, 0) is 11.3 Å². The Balaban J connectivity index is 2.53. The molecule has 3 heteroatoms. The van der Waals surface area contributed by atoms with E-state index in [-0.39, 0.29) is 0 Å². The molecule has 0 saturated heterocycles. The third-order valence-electron chi connectivity index (χ3n) is 2.08. The summed E-state index contributed by atoms with van der Waals surface area (Å²) in [5.41, 5.74) is 2.18. The number of carbonyl (C=O) groups is 1. The van der Waals surface area contributed by atoms with Crippen LogP contribution in [0.15, 0.2) is 30.5 Å². The highest BCUT2D eigenvalue weighted by Gasteiger charge is 2.16. The smallest absolute Gasteiger partial charge is 0.337 e. The summed E-state index contributed by atoms with van der Waals surface area (Å²) in [6.07, 6.45) is 1.55. The Labute approximate surface area is 75.7 Å². The molecule has 0 atom stereocenters. The van der Waals surface area contributed by atoms with Crippen LogP contribution in [0.1, 0.15) is 11.1 Å². The van der Waals surface area contributed by atoms with Gasteiger partial charge in [-0.1, -0.05) is 24.3 Å². The Morgan fingerprint density at radius 2 is 2.15 bits per heavy atom. The van der Waals surface area contributed by atoms with Gasteiger partial charge < -0.3 is 10.4 Å². The molecule has 1 aromatic carbocycles. The maximum atomic E-state index is 10.8. The number of benzene rings is 1. The van der Waals surface area contributed by atoms with Crippen molar-refractivity contribution < 1.29 is 9.90 Å². The molecule has 2 rings (SSSR count). The van der Waals surface area contributed by atoms with Gasteiger partial charge in [0, 0.05) is 12.7 Å². The van der Waals surface area contributed by atoms with Crippen LogP contribution in [0, 0.1) is 0 Å². The number of fused-ring (bicyclic) bond motifs is 1. The Morgan fingerprint density at radius 1 is 1.38 bits per heavy atom. The predicted octanol–water partition coefficient (Wildman–Crippen LogP) is 1.22. The average molecular weight is 175 g/mol. The van der Waals surface area contributed by atoms with Gasteiger partial charge in [-0.15, -0.1) is 0 Å². The van der Waals surface area contributed by atoms with Crippen molar-refractivity contribution in [1.82, 2.24) is 5.32 Å². The Morgan fingerprint density at radius 3 is 2.92 bits per heavy atom. The van der Waals surface area contributed by atoms with Gasteiger partial charge in [0.25, 0.3) is 0 Å². The molecule has 66 valence electrons. The lowest BCUT2D eigenvalue weighted by molar-refractivity contribution is -0.130. The van der Waals surface area contributed by atoms with E-state index in [1.54, 1.807) is 6.20 Å². The second-order valence-corrected chi connectivity index (χ2v) is 2.90. The standard InChI is InChI=1S/C10H9NO2/c12-10(13)9-6-11-5-7-3-1-2-4-8(7)9/h1-4,6,11H,5H2,(H,12,13). The first-order chi connectivity index (χ1) is 6.29. The highest BCUT2D eigenvalue weighted by Crippen LogP contribution is 2.21. The summed E-state index contributed by atoms with van der Waals surface area (Å²) in [7, 11) is 0. The lowest BCUT2D eigenvalue weighted by Gasteiger charge is -2.15. The second-order valence-electron chi connectivity index (χ2n) is 2.90. The van der Waals surface area contributed by atoms with Crippen LogP contribution in [0.4, 0.5) is 0 Å². The fraction of sp³-hybridized carbons (Fsp3) is 0.100. The first kappa shape index (κ1) is 7.86. The number of nitrogens with one attached hydrogen (secondary N) is 1. The molecule has 0 unspecified atom stereocenters. The van der Waals surface area contributed by atoms with E-state index in [0.717, 1.165) is 11.1 Å². The Kier molecular flexibility index (Phi) is 1.77. The minimum atomic E-state index is -0.889. The van der Waals surface area contributed by atoms with Gasteiger partial charge in [-0.3, -0.25) is 0 Å². The van der Waals surface area contributed by atoms with E-state index < -0.39 is 5.97 Å². The number of hydrogen-bond donors (Lipinski definition) is 2. The zero-order chi connectivity index (χ0) is 9.26. The summed E-state index contributed by atoms with van der Waals surface area (Å²) in [5.74, 6) is -0.889. The average Bonchev–Trinajstić information content (AvgIpc) is 2.17. The lowest BCUT2D eigenvalue weighted by Crippen LogP contribution is -2.17. The van der Waals surface area contributed by atoms with E-state index in [1.807, 2.05) is 24.3 Å². The SMILES string of the molecule is O=C(O)C1=CNCc2ccccc21. The third-order valence-corrected chi connectivity index (χ3v) is 2.08. The first-order valence-corrected chi connectivity index (χ1v) is 4.04. The topological polar surface area (TPSA) is 49.3 Å². The molecule has 1 heterocycles. The number of carboxylic acid groups (broad SMARTS) is 1. The number of aliphatic carboxylic acids is 1. The highest BCUT2D eigenvalue weighted by molar-refractivity contribution is 6.16. The van der Waals surface area contributed by atoms with Crippen molar-refractivity contribution in [2.24, 2.45) is 0 Å². The van der Waals surface area contributed by atoms with E-state index in [9.17, 15) is 4.79 Å². The van der Waals surface area contributed by atoms with Crippen molar-refractivity contribution in [3.63, 3.8) is 0 Å². The Bertz CT molecular complexity index is 382. The van der Waals surface area contributed by atoms with Crippen molar-refractivity contribution in [2.75, 3.05) is 0 Å². The summed E-state index contributed by atoms with van der Waals surface area (Å²) in [4.78, 5) is 10.8. The Hall–Kier alpha value is -1.77. The quantitative estimate of drug-likeness (QED) is 0.674. The van der Waals surface area contributed by atoms with Gasteiger partial charge in [0.15, 0.2) is 0 Å². The van der Waals surface area contributed by atoms with Gasteiger partial charge in [0.1, 0.15) is 0 Å². The summed E-state index contributed by atoms with van der Waals surface area (Å²) < 4.78 is 0. The van der Waals surface area contributed by atoms with Gasteiger partial charge in [-0.25, -0.2) is 4.79 Å². The lowest BCUT2D eigenvalue weighted by atomic mass is 9.98. The molecule has 0 aromatic heterocycles. The molecule has 13 heavy (non-hydrogen) atoms. The predicted molar refractivity (Wildman–Crippen MR) is 48.9 cm³/mol. The molecule has 2 N–H and O–H groups in total. The molecule has 3 nitrogen and oxygen atoms in total. The molecule has 1 aliphatic rings. The number of carboxylic acids is 1. The van der Waals surface area contributed by atoms with E-state index in [2.05, 4.69) is 5.32 Å². The van der Waals surface area contributed by atoms with Gasteiger partial charge in [-0.05, 0) is 11.1 Å². The van der Waals surface area contributed by atoms with Crippen LogP contribution in [0.3, 0.4) is 0 Å². The fourth-order valence-electron chi connectivity index (χ4n) is 1.45. The molecular formula is C10H9NO2. The summed E-state index contributed by atoms with van der Waals surface area (Å²) in [5, 5.41) is 11.8. The molecule has 0 radical (unpaired) electrons. The molecular weight excluding hydrogens is 166 g/mol. The fourth-order valence-corrected chi connectivity index (χ4v) is 1.45. The molecule has 0 aliphatic carbocycles. The molecule has 1 aliphatic heterocycles. The normalized spacial score (nSPS) is 14.0. The zero-order valence-corrected chi connectivity index (χ0v) is 6.95. The van der Waals surface area contributed by atoms with Crippen LogP contribution in [-0.4, -0.2) is 11.1 Å². The van der Waals surface area contributed by atoms with Crippen LogP contribution < -0.4 is 5.32 Å². The maximum Gasteiger partial charge on any atom is 0.337 e. The number of rotatable bonds is 1. The maximum absolute atomic E-state index is 10.8. The summed E-state index contributed by atoms with van der Waals surface area (Å²) in [6, 6.07) is 7.51. The summed E-state index contributed by atoms with van der Waals surface area (Å²) >= 11 is 0. The minimum Gasteiger partial charge on any atom is -0.478 e. The van der Waals surface area contributed by atoms with Gasteiger partial charge in [0.2, 0.25) is 0 Å². The van der Waals surface area contributed by atoms with Crippen molar-refractivity contribution in [3.05, 3.63) is 41.6 Å². The van der Waals surface area contributed by atoms with Crippen LogP contribution in [0.5, 0.6) is 0 Å². The highest BCUT2D eigenvalue weighted by atomic mass is 16.4. The minimum absolute atomic E-state index is 0.335. The molecule has 0 amide bonds. The van der Waals surface area contributed by atoms with Crippen molar-refractivity contribution in [1.29, 1.82) is 0 Å². The second kappa shape index (κ2) is 2.94. The third kappa shape index (κ3) is 1.28. The van der Waals surface area contributed by atoms with Gasteiger partial charge in [0.05, 0.1) is 5.57 Å². The van der Waals surface area contributed by atoms with E-state index in [0.29, 0.717) is 12.1 Å². The monoisotopic (exact) mass is 175 g/mol. The molecule has 0 saturated carbocycles. The van der Waals surface area contributed by atoms with E-state index in [4.69, 9.17) is 5.11 Å². The van der Waals surface area contributed by atoms with Crippen LogP contribution in [0.2, 0.25) is 0 Å². The van der Waals surface area contributed by atoms with Crippen molar-refractivity contribution in [2.45, 2.75) is 6.54 Å². The van der Waals surface area contributed by atoms with E-state index >= 15 is 0 Å². The summed E-state index contributed by atoms with van der Waals surface area (Å²) in [6.45, 7) is 0.701. The van der Waals surface area contributed by atoms with Gasteiger partial charge in [-0.2, -0.15) is 0 Å². The molecule has 1 aromatic rings. The van der Waals surface area contributed by atoms with Gasteiger partial charge >= 0.3 is 5.97 Å². The first-order valence-electron chi connectivity index (χ1n) is 4.04. The molecule has 0 spiro atoms. The van der Waals surface area contributed by atoms with Crippen LogP contribution in [0.25, 0.3) is 5.57 Å². The van der Waals surface area contributed by atoms with E-state index in [1.165, 1.54) is 0 Å². The van der Waals surface area contributed by atoms with Crippen molar-refractivity contribution in [3.8, 4) is 0 Å². The zero-order valence-electron chi connectivity index (χ0n) is 6.95. The molecule has 0 fully saturated rings. The van der Waals surface area contributed by atoms with Crippen LogP contribution >= 0.6 is 0 Å². The largest absolute Gasteiger partial charge is 0.478 e. The van der Waals surface area contributed by atoms with Crippen molar-refractivity contribution >= 4 is 11.5 Å².